The summed E-state index contributed by atoms with van der Waals surface area (Å²) in [6, 6.07) is 6.80. The van der Waals surface area contributed by atoms with Crippen molar-refractivity contribution in [3.63, 3.8) is 0 Å². The third-order valence-electron chi connectivity index (χ3n) is 3.73. The summed E-state index contributed by atoms with van der Waals surface area (Å²) in [4.78, 5) is 3.30. The molecule has 2 atom stereocenters. The van der Waals surface area contributed by atoms with Crippen molar-refractivity contribution in [3.05, 3.63) is 26.5 Å². The van der Waals surface area contributed by atoms with Crippen molar-refractivity contribution in [2.24, 2.45) is 5.92 Å². The molecule has 0 radical (unpaired) electrons. The summed E-state index contributed by atoms with van der Waals surface area (Å²) in [7, 11) is 0. The van der Waals surface area contributed by atoms with E-state index in [4.69, 9.17) is 17.0 Å². The summed E-state index contributed by atoms with van der Waals surface area (Å²) in [5.74, 6) is 0.565. The number of nitrogens with one attached hydrogen (secondary N) is 1. The molecule has 3 rings (SSSR count). The minimum atomic E-state index is 0.383. The number of imidazole rings is 1. The summed E-state index contributed by atoms with van der Waals surface area (Å²) < 4.78 is 9.76. The lowest BCUT2D eigenvalue weighted by molar-refractivity contribution is 0.175. The number of aromatic amines is 1. The Labute approximate surface area is 125 Å². The van der Waals surface area contributed by atoms with Crippen LogP contribution in [0.5, 0.6) is 0 Å². The van der Waals surface area contributed by atoms with Gasteiger partial charge in [-0.2, -0.15) is 0 Å². The van der Waals surface area contributed by atoms with Crippen molar-refractivity contribution in [3.8, 4) is 0 Å². The molecule has 3 nitrogen and oxygen atoms in total. The lowest BCUT2D eigenvalue weighted by Crippen LogP contribution is -2.16. The molecule has 5 heteroatoms. The lowest BCUT2D eigenvalue weighted by Gasteiger charge is -2.20. The predicted molar refractivity (Wildman–Crippen MR) is 83.5 cm³/mol. The van der Waals surface area contributed by atoms with E-state index in [2.05, 4.69) is 57.3 Å². The van der Waals surface area contributed by atoms with Crippen LogP contribution in [0.3, 0.4) is 0 Å². The van der Waals surface area contributed by atoms with Crippen molar-refractivity contribution in [1.29, 1.82) is 0 Å². The second-order valence-corrected chi connectivity index (χ2v) is 6.46. The largest absolute Gasteiger partial charge is 0.381 e. The Balaban J connectivity index is 2.10. The monoisotopic (exact) mass is 374 g/mol. The van der Waals surface area contributed by atoms with Crippen LogP contribution in [-0.2, 0) is 4.74 Å². The molecule has 0 spiro atoms. The normalized spacial score (nSPS) is 21.6. The fraction of sp³-hybridized carbons (Fsp3) is 0.462. The molecule has 1 N–H and O–H groups in total. The van der Waals surface area contributed by atoms with Gasteiger partial charge in [0.2, 0.25) is 0 Å². The number of H-pyrrole nitrogens is 1. The van der Waals surface area contributed by atoms with Crippen molar-refractivity contribution in [1.82, 2.24) is 9.55 Å². The van der Waals surface area contributed by atoms with Crippen LogP contribution in [0, 0.1) is 14.3 Å². The minimum absolute atomic E-state index is 0.383. The molecule has 0 aliphatic carbocycles. The van der Waals surface area contributed by atoms with Crippen LogP contribution in [0.1, 0.15) is 19.4 Å². The first-order chi connectivity index (χ1) is 8.66. The third kappa shape index (κ3) is 2.12. The van der Waals surface area contributed by atoms with E-state index < -0.39 is 0 Å². The highest BCUT2D eigenvalue weighted by Crippen LogP contribution is 2.29. The molecule has 1 aliphatic rings. The van der Waals surface area contributed by atoms with Crippen LogP contribution in [0.4, 0.5) is 0 Å². The zero-order valence-electron chi connectivity index (χ0n) is 10.1. The second kappa shape index (κ2) is 4.94. The zero-order valence-corrected chi connectivity index (χ0v) is 13.1. The summed E-state index contributed by atoms with van der Waals surface area (Å²) >= 11 is 7.79. The Morgan fingerprint density at radius 2 is 2.39 bits per heavy atom. The summed E-state index contributed by atoms with van der Waals surface area (Å²) in [6.45, 7) is 3.96. The van der Waals surface area contributed by atoms with Gasteiger partial charge in [-0.3, -0.25) is 0 Å². The zero-order chi connectivity index (χ0) is 12.7. The highest BCUT2D eigenvalue weighted by atomic mass is 127. The third-order valence-corrected chi connectivity index (χ3v) is 4.70. The number of halogens is 1. The van der Waals surface area contributed by atoms with Crippen molar-refractivity contribution >= 4 is 45.8 Å². The molecule has 18 heavy (non-hydrogen) atoms. The van der Waals surface area contributed by atoms with E-state index in [1.807, 2.05) is 0 Å². The first-order valence-corrected chi connectivity index (χ1v) is 7.63. The van der Waals surface area contributed by atoms with Gasteiger partial charge in [-0.25, -0.2) is 0 Å². The van der Waals surface area contributed by atoms with Gasteiger partial charge in [0.25, 0.3) is 0 Å². The topological polar surface area (TPSA) is 29.9 Å². The Morgan fingerprint density at radius 3 is 3.11 bits per heavy atom. The standard InChI is InChI=1S/C13H15IN2OS/c1-8(9-4-5-17-7-9)16-12-3-2-10(14)6-11(12)15-13(16)18/h2-3,6,8-9H,4-5,7H2,1H3,(H,15,18). The average Bonchev–Trinajstić information content (AvgIpc) is 2.94. The number of nitrogens with zero attached hydrogens (tertiary/aromatic N) is 1. The molecule has 1 fully saturated rings. The van der Waals surface area contributed by atoms with E-state index in [1.54, 1.807) is 0 Å². The highest BCUT2D eigenvalue weighted by molar-refractivity contribution is 14.1. The molecule has 0 bridgehead atoms. The summed E-state index contributed by atoms with van der Waals surface area (Å²) in [5.41, 5.74) is 2.32. The van der Waals surface area contributed by atoms with Crippen molar-refractivity contribution in [2.45, 2.75) is 19.4 Å². The molecule has 1 aromatic carbocycles. The molecule has 2 heterocycles. The van der Waals surface area contributed by atoms with Gasteiger partial charge in [0, 0.05) is 22.1 Å². The number of fused-ring (bicyclic) bond motifs is 1. The maximum Gasteiger partial charge on any atom is 0.178 e. The SMILES string of the molecule is CC(C1CCOC1)n1c(=S)[nH]c2cc(I)ccc21. The van der Waals surface area contributed by atoms with E-state index in [1.165, 1.54) is 9.09 Å². The van der Waals surface area contributed by atoms with Gasteiger partial charge in [-0.05, 0) is 66.4 Å². The van der Waals surface area contributed by atoms with Crippen LogP contribution in [0.25, 0.3) is 11.0 Å². The van der Waals surface area contributed by atoms with E-state index in [9.17, 15) is 0 Å². The lowest BCUT2D eigenvalue weighted by atomic mass is 10.0. The fourth-order valence-electron chi connectivity index (χ4n) is 2.65. The van der Waals surface area contributed by atoms with Gasteiger partial charge in [-0.1, -0.05) is 0 Å². The number of rotatable bonds is 2. The average molecular weight is 374 g/mol. The number of benzene rings is 1. The second-order valence-electron chi connectivity index (χ2n) is 4.83. The number of aromatic nitrogens is 2. The minimum Gasteiger partial charge on any atom is -0.381 e. The van der Waals surface area contributed by atoms with Gasteiger partial charge in [0.05, 0.1) is 17.6 Å². The molecule has 96 valence electrons. The van der Waals surface area contributed by atoms with Crippen LogP contribution in [0.2, 0.25) is 0 Å². The van der Waals surface area contributed by atoms with Crippen molar-refractivity contribution in [2.75, 3.05) is 13.2 Å². The molecule has 1 aliphatic heterocycles. The molecular formula is C13H15IN2OS. The highest BCUT2D eigenvalue weighted by Gasteiger charge is 2.25. The van der Waals surface area contributed by atoms with Crippen LogP contribution < -0.4 is 0 Å². The predicted octanol–water partition coefficient (Wildman–Crippen LogP) is 3.90. The molecule has 2 aromatic rings. The molecule has 1 saturated heterocycles. The smallest absolute Gasteiger partial charge is 0.178 e. The molecular weight excluding hydrogens is 359 g/mol. The number of hydrogen-bond acceptors (Lipinski definition) is 2. The molecule has 0 saturated carbocycles. The summed E-state index contributed by atoms with van der Waals surface area (Å²) in [6.07, 6.45) is 1.12. The maximum absolute atomic E-state index is 5.49. The van der Waals surface area contributed by atoms with Crippen molar-refractivity contribution < 1.29 is 4.74 Å². The molecule has 0 amide bonds. The van der Waals surface area contributed by atoms with E-state index in [0.717, 1.165) is 29.9 Å². The Bertz CT molecular complexity index is 627. The Hall–Kier alpha value is -0.400. The van der Waals surface area contributed by atoms with E-state index in [0.29, 0.717) is 12.0 Å². The van der Waals surface area contributed by atoms with E-state index in [-0.39, 0.29) is 0 Å². The first kappa shape index (κ1) is 12.6. The van der Waals surface area contributed by atoms with Gasteiger partial charge in [-0.15, -0.1) is 0 Å². The van der Waals surface area contributed by atoms with Gasteiger partial charge >= 0.3 is 0 Å². The van der Waals surface area contributed by atoms with Crippen LogP contribution in [0.15, 0.2) is 18.2 Å². The first-order valence-electron chi connectivity index (χ1n) is 6.14. The van der Waals surface area contributed by atoms with Gasteiger partial charge < -0.3 is 14.3 Å². The molecule has 1 aromatic heterocycles. The quantitative estimate of drug-likeness (QED) is 0.638. The Morgan fingerprint density at radius 1 is 1.56 bits per heavy atom. The summed E-state index contributed by atoms with van der Waals surface area (Å²) in [5, 5.41) is 0. The van der Waals surface area contributed by atoms with Gasteiger partial charge in [0.15, 0.2) is 4.77 Å². The Kier molecular flexibility index (Phi) is 3.46. The fourth-order valence-corrected chi connectivity index (χ4v) is 3.52. The molecule has 2 unspecified atom stereocenters. The maximum atomic E-state index is 5.49. The van der Waals surface area contributed by atoms with Gasteiger partial charge in [0.1, 0.15) is 0 Å². The number of hydrogen-bond donors (Lipinski definition) is 1. The number of ether oxygens (including phenoxy) is 1. The van der Waals surface area contributed by atoms with E-state index >= 15 is 0 Å². The van der Waals surface area contributed by atoms with Crippen LogP contribution >= 0.6 is 34.8 Å². The van der Waals surface area contributed by atoms with Crippen LogP contribution in [-0.4, -0.2) is 22.8 Å².